The van der Waals surface area contributed by atoms with E-state index in [0.29, 0.717) is 5.92 Å². The van der Waals surface area contributed by atoms with Gasteiger partial charge in [0.05, 0.1) is 6.10 Å². The van der Waals surface area contributed by atoms with Gasteiger partial charge < -0.3 is 9.84 Å². The molecule has 0 spiro atoms. The lowest BCUT2D eigenvalue weighted by Crippen LogP contribution is -2.32. The van der Waals surface area contributed by atoms with Crippen molar-refractivity contribution in [2.75, 3.05) is 13.7 Å². The Morgan fingerprint density at radius 3 is 2.53 bits per heavy atom. The Morgan fingerprint density at radius 1 is 1.18 bits per heavy atom. The Hall–Kier alpha value is -0.0800. The Kier molecular flexibility index (Phi) is 4.48. The van der Waals surface area contributed by atoms with Crippen LogP contribution in [0.5, 0.6) is 0 Å². The summed E-state index contributed by atoms with van der Waals surface area (Å²) in [4.78, 5) is 0. The van der Waals surface area contributed by atoms with Crippen LogP contribution in [0.3, 0.4) is 0 Å². The molecular formula is C15H28O2. The van der Waals surface area contributed by atoms with Crippen LogP contribution in [0.25, 0.3) is 0 Å². The number of fused-ring (bicyclic) bond motifs is 2. The molecule has 0 heterocycles. The van der Waals surface area contributed by atoms with Crippen molar-refractivity contribution in [3.05, 3.63) is 0 Å². The first-order valence-electron chi connectivity index (χ1n) is 7.32. The lowest BCUT2D eigenvalue weighted by molar-refractivity contribution is 0.0364. The number of methoxy groups -OCH3 is 1. The minimum absolute atomic E-state index is 0.0585. The summed E-state index contributed by atoms with van der Waals surface area (Å²) in [6.45, 7) is 5.62. The first-order chi connectivity index (χ1) is 8.15. The highest BCUT2D eigenvalue weighted by Gasteiger charge is 2.50. The molecule has 2 aliphatic carbocycles. The van der Waals surface area contributed by atoms with Crippen LogP contribution in [-0.4, -0.2) is 24.9 Å². The largest absolute Gasteiger partial charge is 0.393 e. The van der Waals surface area contributed by atoms with Gasteiger partial charge in [0.1, 0.15) is 0 Å². The van der Waals surface area contributed by atoms with Gasteiger partial charge in [-0.1, -0.05) is 13.8 Å². The quantitative estimate of drug-likeness (QED) is 0.723. The van der Waals surface area contributed by atoms with Gasteiger partial charge in [-0.15, -0.1) is 0 Å². The molecule has 0 aromatic carbocycles. The Labute approximate surface area is 106 Å². The lowest BCUT2D eigenvalue weighted by Gasteiger charge is -2.34. The third-order valence-electron chi connectivity index (χ3n) is 5.54. The van der Waals surface area contributed by atoms with Crippen LogP contribution < -0.4 is 0 Å². The van der Waals surface area contributed by atoms with Crippen molar-refractivity contribution >= 4 is 0 Å². The maximum Gasteiger partial charge on any atom is 0.0571 e. The molecule has 0 amide bonds. The summed E-state index contributed by atoms with van der Waals surface area (Å²) in [6.07, 6.45) is 5.76. The van der Waals surface area contributed by atoms with Crippen LogP contribution in [0.2, 0.25) is 0 Å². The number of aliphatic hydroxyl groups excluding tert-OH is 1. The van der Waals surface area contributed by atoms with E-state index in [9.17, 15) is 5.11 Å². The van der Waals surface area contributed by atoms with Crippen molar-refractivity contribution in [3.8, 4) is 0 Å². The third-order valence-corrected chi connectivity index (χ3v) is 5.54. The average molecular weight is 240 g/mol. The predicted octanol–water partition coefficient (Wildman–Crippen LogP) is 3.09. The lowest BCUT2D eigenvalue weighted by atomic mass is 9.73. The Balaban J connectivity index is 1.76. The van der Waals surface area contributed by atoms with Gasteiger partial charge in [-0.3, -0.25) is 0 Å². The molecule has 6 unspecified atom stereocenters. The van der Waals surface area contributed by atoms with Crippen molar-refractivity contribution in [1.82, 2.24) is 0 Å². The monoisotopic (exact) mass is 240 g/mol. The molecule has 2 fully saturated rings. The Morgan fingerprint density at radius 2 is 1.94 bits per heavy atom. The maximum atomic E-state index is 10.3. The molecule has 2 bridgehead atoms. The number of rotatable bonds is 6. The minimum Gasteiger partial charge on any atom is -0.393 e. The first kappa shape index (κ1) is 13.4. The highest BCUT2D eigenvalue weighted by atomic mass is 16.5. The molecule has 0 aromatic rings. The predicted molar refractivity (Wildman–Crippen MR) is 69.8 cm³/mol. The molecule has 2 nitrogen and oxygen atoms in total. The van der Waals surface area contributed by atoms with Crippen molar-refractivity contribution in [3.63, 3.8) is 0 Å². The van der Waals surface area contributed by atoms with Crippen LogP contribution in [0, 0.1) is 29.6 Å². The second-order valence-corrected chi connectivity index (χ2v) is 6.33. The van der Waals surface area contributed by atoms with Gasteiger partial charge in [-0.05, 0) is 61.7 Å². The smallest absolute Gasteiger partial charge is 0.0571 e. The summed E-state index contributed by atoms with van der Waals surface area (Å²) in [5.41, 5.74) is 0. The average Bonchev–Trinajstić information content (AvgIpc) is 2.86. The van der Waals surface area contributed by atoms with E-state index in [0.717, 1.165) is 49.5 Å². The second-order valence-electron chi connectivity index (χ2n) is 6.33. The van der Waals surface area contributed by atoms with Crippen LogP contribution in [0.4, 0.5) is 0 Å². The Bertz CT molecular complexity index is 239. The highest BCUT2D eigenvalue weighted by Crippen LogP contribution is 2.56. The number of unbranched alkanes of at least 4 members (excludes halogenated alkanes) is 1. The van der Waals surface area contributed by atoms with Crippen molar-refractivity contribution in [1.29, 1.82) is 0 Å². The zero-order chi connectivity index (χ0) is 12.4. The molecule has 0 saturated heterocycles. The molecular weight excluding hydrogens is 212 g/mol. The minimum atomic E-state index is -0.0585. The van der Waals surface area contributed by atoms with E-state index in [-0.39, 0.29) is 6.10 Å². The SMILES string of the molecule is COCCCCC(O)C1CC2CC1C(C)C2C. The molecule has 2 heteroatoms. The highest BCUT2D eigenvalue weighted by molar-refractivity contribution is 4.99. The number of ether oxygens (including phenoxy) is 1. The summed E-state index contributed by atoms with van der Waals surface area (Å²) < 4.78 is 5.05. The van der Waals surface area contributed by atoms with Gasteiger partial charge in [0.15, 0.2) is 0 Å². The van der Waals surface area contributed by atoms with E-state index in [2.05, 4.69) is 13.8 Å². The number of hydrogen-bond acceptors (Lipinski definition) is 2. The maximum absolute atomic E-state index is 10.3. The number of aliphatic hydroxyl groups is 1. The molecule has 6 atom stereocenters. The fourth-order valence-electron chi connectivity index (χ4n) is 4.25. The van der Waals surface area contributed by atoms with Gasteiger partial charge in [0.25, 0.3) is 0 Å². The molecule has 0 aliphatic heterocycles. The van der Waals surface area contributed by atoms with E-state index in [1.165, 1.54) is 12.8 Å². The summed E-state index contributed by atoms with van der Waals surface area (Å²) >= 11 is 0. The van der Waals surface area contributed by atoms with Crippen molar-refractivity contribution in [2.45, 2.75) is 52.1 Å². The molecule has 0 aromatic heterocycles. The summed E-state index contributed by atoms with van der Waals surface area (Å²) in [5, 5.41) is 10.3. The zero-order valence-electron chi connectivity index (χ0n) is 11.6. The van der Waals surface area contributed by atoms with Gasteiger partial charge >= 0.3 is 0 Å². The summed E-state index contributed by atoms with van der Waals surface area (Å²) in [7, 11) is 1.75. The molecule has 17 heavy (non-hydrogen) atoms. The summed E-state index contributed by atoms with van der Waals surface area (Å²) in [5.74, 6) is 4.00. The normalized spacial score (nSPS) is 42.0. The zero-order valence-corrected chi connectivity index (χ0v) is 11.6. The molecule has 2 aliphatic rings. The summed E-state index contributed by atoms with van der Waals surface area (Å²) in [6, 6.07) is 0. The molecule has 0 radical (unpaired) electrons. The van der Waals surface area contributed by atoms with Gasteiger partial charge in [0.2, 0.25) is 0 Å². The van der Waals surface area contributed by atoms with Gasteiger partial charge in [-0.25, -0.2) is 0 Å². The third kappa shape index (κ3) is 2.68. The van der Waals surface area contributed by atoms with Crippen molar-refractivity contribution < 1.29 is 9.84 Å². The van der Waals surface area contributed by atoms with E-state index in [1.807, 2.05) is 0 Å². The number of hydrogen-bond donors (Lipinski definition) is 1. The van der Waals surface area contributed by atoms with Crippen LogP contribution in [0.15, 0.2) is 0 Å². The van der Waals surface area contributed by atoms with Gasteiger partial charge in [0, 0.05) is 13.7 Å². The van der Waals surface area contributed by atoms with E-state index in [4.69, 9.17) is 4.74 Å². The van der Waals surface area contributed by atoms with Crippen molar-refractivity contribution in [2.24, 2.45) is 29.6 Å². The van der Waals surface area contributed by atoms with Crippen LogP contribution in [0.1, 0.15) is 46.0 Å². The standard InChI is InChI=1S/C15H28O2/c1-10-11(2)13-8-12(10)9-14(13)15(16)6-4-5-7-17-3/h10-16H,4-9H2,1-3H3. The van der Waals surface area contributed by atoms with Crippen LogP contribution >= 0.6 is 0 Å². The van der Waals surface area contributed by atoms with E-state index < -0.39 is 0 Å². The topological polar surface area (TPSA) is 29.5 Å². The van der Waals surface area contributed by atoms with E-state index in [1.54, 1.807) is 7.11 Å². The molecule has 2 rings (SSSR count). The van der Waals surface area contributed by atoms with Gasteiger partial charge in [-0.2, -0.15) is 0 Å². The second kappa shape index (κ2) is 5.71. The van der Waals surface area contributed by atoms with Crippen LogP contribution in [-0.2, 0) is 4.74 Å². The fourth-order valence-corrected chi connectivity index (χ4v) is 4.25. The molecule has 1 N–H and O–H groups in total. The molecule has 100 valence electrons. The first-order valence-corrected chi connectivity index (χ1v) is 7.32. The molecule has 2 saturated carbocycles. The van der Waals surface area contributed by atoms with E-state index >= 15 is 0 Å². The fraction of sp³-hybridized carbons (Fsp3) is 1.00.